The molecule has 2 N–H and O–H groups in total. The van der Waals surface area contributed by atoms with Crippen molar-refractivity contribution in [3.8, 4) is 11.4 Å². The Morgan fingerprint density at radius 1 is 1.27 bits per heavy atom. The molecule has 1 saturated carbocycles. The number of amides is 1. The molecule has 1 fully saturated rings. The lowest BCUT2D eigenvalue weighted by atomic mass is 9.94. The SMILES string of the molecule is CC(Sc1nnc(-c2ccc(Cl)cc2)n1N)C(=O)N(C)C1CCCCC1. The number of aromatic nitrogens is 3. The van der Waals surface area contributed by atoms with Crippen molar-refractivity contribution in [2.75, 3.05) is 12.9 Å². The second-order valence-electron chi connectivity index (χ2n) is 6.68. The third-order valence-corrected chi connectivity index (χ3v) is 6.16. The Labute approximate surface area is 163 Å². The average Bonchev–Trinajstić information content (AvgIpc) is 3.02. The molecule has 6 nitrogen and oxygen atoms in total. The molecule has 2 aromatic rings. The van der Waals surface area contributed by atoms with Gasteiger partial charge in [0.15, 0.2) is 5.82 Å². The maximum atomic E-state index is 12.8. The summed E-state index contributed by atoms with van der Waals surface area (Å²) in [5, 5.41) is 9.22. The topological polar surface area (TPSA) is 77.0 Å². The van der Waals surface area contributed by atoms with E-state index < -0.39 is 0 Å². The molecule has 8 heteroatoms. The van der Waals surface area contributed by atoms with Crippen LogP contribution in [0.2, 0.25) is 5.02 Å². The molecule has 1 aromatic carbocycles. The summed E-state index contributed by atoms with van der Waals surface area (Å²) in [4.78, 5) is 14.7. The Morgan fingerprint density at radius 3 is 2.58 bits per heavy atom. The van der Waals surface area contributed by atoms with E-state index >= 15 is 0 Å². The van der Waals surface area contributed by atoms with Gasteiger partial charge in [-0.1, -0.05) is 42.6 Å². The van der Waals surface area contributed by atoms with Gasteiger partial charge in [0.05, 0.1) is 5.25 Å². The van der Waals surface area contributed by atoms with Gasteiger partial charge in [-0.15, -0.1) is 10.2 Å². The van der Waals surface area contributed by atoms with Crippen LogP contribution in [-0.2, 0) is 4.79 Å². The zero-order valence-electron chi connectivity index (χ0n) is 15.1. The Hall–Kier alpha value is -1.73. The average molecular weight is 394 g/mol. The van der Waals surface area contributed by atoms with Crippen LogP contribution in [0.15, 0.2) is 29.4 Å². The van der Waals surface area contributed by atoms with Crippen LogP contribution < -0.4 is 5.84 Å². The first kappa shape index (κ1) is 19.0. The van der Waals surface area contributed by atoms with E-state index in [0.29, 0.717) is 22.0 Å². The number of hydrogen-bond donors (Lipinski definition) is 1. The van der Waals surface area contributed by atoms with Crippen molar-refractivity contribution in [1.82, 2.24) is 19.8 Å². The molecule has 1 aliphatic carbocycles. The molecule has 1 unspecified atom stereocenters. The van der Waals surface area contributed by atoms with Crippen LogP contribution in [0.1, 0.15) is 39.0 Å². The third kappa shape index (κ3) is 4.15. The van der Waals surface area contributed by atoms with Crippen molar-refractivity contribution in [1.29, 1.82) is 0 Å². The molecule has 3 rings (SSSR count). The summed E-state index contributed by atoms with van der Waals surface area (Å²) in [5.74, 6) is 6.81. The number of halogens is 1. The fraction of sp³-hybridized carbons (Fsp3) is 0.500. The Balaban J connectivity index is 1.68. The van der Waals surface area contributed by atoms with Crippen LogP contribution in [0.3, 0.4) is 0 Å². The number of thioether (sulfide) groups is 1. The summed E-state index contributed by atoms with van der Waals surface area (Å²) >= 11 is 7.26. The standard InChI is InChI=1S/C18H24ClN5OS/c1-12(17(25)23(2)15-6-4-3-5-7-15)26-18-22-21-16(24(18)20)13-8-10-14(19)11-9-13/h8-12,15H,3-7,20H2,1-2H3. The maximum Gasteiger partial charge on any atom is 0.235 e. The van der Waals surface area contributed by atoms with E-state index in [0.717, 1.165) is 18.4 Å². The molecule has 1 aromatic heterocycles. The molecular weight excluding hydrogens is 370 g/mol. The van der Waals surface area contributed by atoms with Crippen LogP contribution in [0.4, 0.5) is 0 Å². The molecule has 1 aliphatic rings. The zero-order chi connectivity index (χ0) is 18.7. The van der Waals surface area contributed by atoms with Gasteiger partial charge in [-0.3, -0.25) is 4.79 Å². The Bertz CT molecular complexity index is 757. The first-order chi connectivity index (χ1) is 12.5. The van der Waals surface area contributed by atoms with Crippen molar-refractivity contribution >= 4 is 29.3 Å². The number of nitrogens with zero attached hydrogens (tertiary/aromatic N) is 4. The van der Waals surface area contributed by atoms with E-state index in [1.54, 1.807) is 12.1 Å². The number of carbonyl (C=O) groups is 1. The highest BCUT2D eigenvalue weighted by molar-refractivity contribution is 8.00. The first-order valence-corrected chi connectivity index (χ1v) is 10.1. The minimum atomic E-state index is -0.272. The Kier molecular flexibility index (Phi) is 6.09. The predicted octanol–water partition coefficient (Wildman–Crippen LogP) is 3.58. The molecule has 1 atom stereocenters. The molecule has 0 saturated heterocycles. The van der Waals surface area contributed by atoms with Crippen molar-refractivity contribution in [2.45, 2.75) is 55.5 Å². The van der Waals surface area contributed by atoms with Gasteiger partial charge >= 0.3 is 0 Å². The van der Waals surface area contributed by atoms with Crippen molar-refractivity contribution in [3.63, 3.8) is 0 Å². The number of benzene rings is 1. The highest BCUT2D eigenvalue weighted by Gasteiger charge is 2.27. The minimum Gasteiger partial charge on any atom is -0.342 e. The lowest BCUT2D eigenvalue weighted by Gasteiger charge is -2.32. The van der Waals surface area contributed by atoms with Crippen molar-refractivity contribution < 1.29 is 4.79 Å². The van der Waals surface area contributed by atoms with Gasteiger partial charge in [0, 0.05) is 23.7 Å². The van der Waals surface area contributed by atoms with E-state index in [1.165, 1.54) is 35.7 Å². The number of nitrogen functional groups attached to an aromatic ring is 1. The molecule has 0 bridgehead atoms. The highest BCUT2D eigenvalue weighted by atomic mass is 35.5. The zero-order valence-corrected chi connectivity index (χ0v) is 16.6. The summed E-state index contributed by atoms with van der Waals surface area (Å²) in [5.41, 5.74) is 0.828. The minimum absolute atomic E-state index is 0.109. The predicted molar refractivity (Wildman–Crippen MR) is 106 cm³/mol. The van der Waals surface area contributed by atoms with Crippen LogP contribution in [0.25, 0.3) is 11.4 Å². The maximum absolute atomic E-state index is 12.8. The second kappa shape index (κ2) is 8.31. The van der Waals surface area contributed by atoms with Gasteiger partial charge < -0.3 is 10.7 Å². The van der Waals surface area contributed by atoms with E-state index in [2.05, 4.69) is 10.2 Å². The summed E-state index contributed by atoms with van der Waals surface area (Å²) in [6.45, 7) is 1.89. The molecule has 1 amide bonds. The largest absolute Gasteiger partial charge is 0.342 e. The number of carbonyl (C=O) groups excluding carboxylic acids is 1. The smallest absolute Gasteiger partial charge is 0.235 e. The summed E-state index contributed by atoms with van der Waals surface area (Å²) < 4.78 is 1.43. The van der Waals surface area contributed by atoms with Gasteiger partial charge in [0.2, 0.25) is 11.1 Å². The lowest BCUT2D eigenvalue weighted by molar-refractivity contribution is -0.131. The van der Waals surface area contributed by atoms with Gasteiger partial charge in [-0.25, -0.2) is 4.68 Å². The number of rotatable bonds is 5. The third-order valence-electron chi connectivity index (χ3n) is 4.87. The molecule has 1 heterocycles. The second-order valence-corrected chi connectivity index (χ2v) is 8.43. The quantitative estimate of drug-likeness (QED) is 0.620. The lowest BCUT2D eigenvalue weighted by Crippen LogP contribution is -2.42. The van der Waals surface area contributed by atoms with Gasteiger partial charge in [-0.05, 0) is 44.0 Å². The van der Waals surface area contributed by atoms with E-state index in [9.17, 15) is 4.79 Å². The molecule has 0 radical (unpaired) electrons. The fourth-order valence-electron chi connectivity index (χ4n) is 3.30. The highest BCUT2D eigenvalue weighted by Crippen LogP contribution is 2.28. The van der Waals surface area contributed by atoms with Gasteiger partial charge in [-0.2, -0.15) is 0 Å². The van der Waals surface area contributed by atoms with Gasteiger partial charge in [0.25, 0.3) is 0 Å². The monoisotopic (exact) mass is 393 g/mol. The summed E-state index contributed by atoms with van der Waals surface area (Å²) in [7, 11) is 1.90. The Morgan fingerprint density at radius 2 is 1.92 bits per heavy atom. The molecule has 140 valence electrons. The molecular formula is C18H24ClN5OS. The molecule has 26 heavy (non-hydrogen) atoms. The van der Waals surface area contributed by atoms with Crippen LogP contribution in [-0.4, -0.2) is 44.0 Å². The van der Waals surface area contributed by atoms with Crippen molar-refractivity contribution in [3.05, 3.63) is 29.3 Å². The van der Waals surface area contributed by atoms with Gasteiger partial charge in [0.1, 0.15) is 0 Å². The van der Waals surface area contributed by atoms with Crippen LogP contribution >= 0.6 is 23.4 Å². The summed E-state index contributed by atoms with van der Waals surface area (Å²) in [6.07, 6.45) is 5.85. The molecule has 0 aliphatic heterocycles. The fourth-order valence-corrected chi connectivity index (χ4v) is 4.29. The van der Waals surface area contributed by atoms with Crippen LogP contribution in [0, 0.1) is 0 Å². The number of hydrogen-bond acceptors (Lipinski definition) is 5. The van der Waals surface area contributed by atoms with E-state index in [4.69, 9.17) is 17.4 Å². The van der Waals surface area contributed by atoms with E-state index in [1.807, 2.05) is 31.0 Å². The van der Waals surface area contributed by atoms with E-state index in [-0.39, 0.29) is 11.2 Å². The number of nitrogens with two attached hydrogens (primary N) is 1. The first-order valence-electron chi connectivity index (χ1n) is 8.87. The normalized spacial score (nSPS) is 16.4. The summed E-state index contributed by atoms with van der Waals surface area (Å²) in [6, 6.07) is 7.60. The molecule has 0 spiro atoms. The van der Waals surface area contributed by atoms with Crippen molar-refractivity contribution in [2.24, 2.45) is 0 Å². The van der Waals surface area contributed by atoms with Crippen LogP contribution in [0.5, 0.6) is 0 Å².